The van der Waals surface area contributed by atoms with Crippen LogP contribution in [0.5, 0.6) is 5.75 Å². The van der Waals surface area contributed by atoms with Crippen molar-refractivity contribution in [2.45, 2.75) is 13.0 Å². The Balaban J connectivity index is 0.00000341. The fraction of sp³-hybridized carbons (Fsp3) is 0.435. The minimum atomic E-state index is 0. The Morgan fingerprint density at radius 3 is 2.65 bits per heavy atom. The zero-order valence-electron chi connectivity index (χ0n) is 18.0. The van der Waals surface area contributed by atoms with Crippen molar-refractivity contribution in [3.8, 4) is 5.75 Å². The summed E-state index contributed by atoms with van der Waals surface area (Å²) in [6.45, 7) is 6.67. The van der Waals surface area contributed by atoms with Crippen LogP contribution in [0.2, 0.25) is 5.02 Å². The van der Waals surface area contributed by atoms with Gasteiger partial charge in [-0.15, -0.1) is 24.0 Å². The van der Waals surface area contributed by atoms with Crippen LogP contribution in [-0.4, -0.2) is 63.9 Å². The third-order valence-corrected chi connectivity index (χ3v) is 5.19. The summed E-state index contributed by atoms with van der Waals surface area (Å²) < 4.78 is 11.3. The number of benzene rings is 2. The van der Waals surface area contributed by atoms with Crippen LogP contribution in [0.15, 0.2) is 53.5 Å². The number of hydrogen-bond acceptors (Lipinski definition) is 4. The van der Waals surface area contributed by atoms with Gasteiger partial charge in [0, 0.05) is 44.8 Å². The monoisotopic (exact) mass is 558 g/mol. The third kappa shape index (κ3) is 9.64. The Bertz CT molecular complexity index is 816. The van der Waals surface area contributed by atoms with E-state index in [-0.39, 0.29) is 24.0 Å². The van der Waals surface area contributed by atoms with Gasteiger partial charge in [-0.3, -0.25) is 9.89 Å². The predicted molar refractivity (Wildman–Crippen MR) is 138 cm³/mol. The Morgan fingerprint density at radius 1 is 1.10 bits per heavy atom. The number of halogens is 2. The highest BCUT2D eigenvalue weighted by atomic mass is 127. The SMILES string of the molecule is CN=C(NCCc1cccc(Cl)c1)NCc1cccc(OCCN2CCOCC2)c1.I. The van der Waals surface area contributed by atoms with Crippen molar-refractivity contribution in [2.75, 3.05) is 53.0 Å². The summed E-state index contributed by atoms with van der Waals surface area (Å²) in [6.07, 6.45) is 0.883. The van der Waals surface area contributed by atoms with Crippen LogP contribution in [0.4, 0.5) is 0 Å². The van der Waals surface area contributed by atoms with Crippen molar-refractivity contribution >= 4 is 41.5 Å². The molecule has 0 amide bonds. The summed E-state index contributed by atoms with van der Waals surface area (Å²) >= 11 is 6.04. The van der Waals surface area contributed by atoms with E-state index in [4.69, 9.17) is 21.1 Å². The van der Waals surface area contributed by atoms with Gasteiger partial charge in [-0.1, -0.05) is 35.9 Å². The first-order valence-corrected chi connectivity index (χ1v) is 10.8. The lowest BCUT2D eigenvalue weighted by molar-refractivity contribution is 0.0322. The summed E-state index contributed by atoms with van der Waals surface area (Å²) in [5, 5.41) is 7.46. The van der Waals surface area contributed by atoms with Crippen molar-refractivity contribution in [2.24, 2.45) is 4.99 Å². The van der Waals surface area contributed by atoms with E-state index in [9.17, 15) is 0 Å². The summed E-state index contributed by atoms with van der Waals surface area (Å²) in [5.41, 5.74) is 2.35. The average Bonchev–Trinajstić information content (AvgIpc) is 2.77. The summed E-state index contributed by atoms with van der Waals surface area (Å²) in [4.78, 5) is 6.67. The molecule has 1 heterocycles. The Morgan fingerprint density at radius 2 is 1.87 bits per heavy atom. The van der Waals surface area contributed by atoms with Gasteiger partial charge in [0.15, 0.2) is 5.96 Å². The van der Waals surface area contributed by atoms with Crippen LogP contribution in [0.3, 0.4) is 0 Å². The van der Waals surface area contributed by atoms with Gasteiger partial charge in [-0.2, -0.15) is 0 Å². The van der Waals surface area contributed by atoms with Crippen LogP contribution in [0.1, 0.15) is 11.1 Å². The van der Waals surface area contributed by atoms with E-state index in [0.717, 1.165) is 68.1 Å². The van der Waals surface area contributed by atoms with E-state index >= 15 is 0 Å². The van der Waals surface area contributed by atoms with Crippen molar-refractivity contribution in [3.63, 3.8) is 0 Å². The molecule has 1 aliphatic rings. The molecule has 1 saturated heterocycles. The Kier molecular flexibility index (Phi) is 12.0. The number of nitrogens with one attached hydrogen (secondary N) is 2. The first kappa shape index (κ1) is 25.7. The van der Waals surface area contributed by atoms with Gasteiger partial charge in [-0.05, 0) is 41.8 Å². The van der Waals surface area contributed by atoms with Crippen molar-refractivity contribution in [1.29, 1.82) is 0 Å². The molecule has 2 N–H and O–H groups in total. The minimum absolute atomic E-state index is 0. The maximum absolute atomic E-state index is 6.04. The van der Waals surface area contributed by atoms with Crippen molar-refractivity contribution < 1.29 is 9.47 Å². The predicted octanol–water partition coefficient (Wildman–Crippen LogP) is 3.58. The largest absolute Gasteiger partial charge is 0.492 e. The second-order valence-corrected chi connectivity index (χ2v) is 7.62. The normalized spacial score (nSPS) is 14.6. The van der Waals surface area contributed by atoms with E-state index in [1.54, 1.807) is 7.05 Å². The average molecular weight is 559 g/mol. The number of guanidine groups is 1. The molecule has 8 heteroatoms. The number of nitrogens with zero attached hydrogens (tertiary/aromatic N) is 2. The maximum atomic E-state index is 6.04. The molecule has 0 atom stereocenters. The molecule has 0 saturated carbocycles. The lowest BCUT2D eigenvalue weighted by Gasteiger charge is -2.26. The van der Waals surface area contributed by atoms with Gasteiger partial charge in [0.2, 0.25) is 0 Å². The Hall–Kier alpha value is -1.55. The molecular weight excluding hydrogens is 527 g/mol. The molecule has 0 spiro atoms. The molecule has 0 bridgehead atoms. The smallest absolute Gasteiger partial charge is 0.191 e. The molecule has 2 aromatic carbocycles. The van der Waals surface area contributed by atoms with Gasteiger partial charge >= 0.3 is 0 Å². The number of ether oxygens (including phenoxy) is 2. The van der Waals surface area contributed by atoms with Crippen LogP contribution in [0.25, 0.3) is 0 Å². The van der Waals surface area contributed by atoms with E-state index in [2.05, 4.69) is 38.7 Å². The van der Waals surface area contributed by atoms with Gasteiger partial charge in [0.25, 0.3) is 0 Å². The van der Waals surface area contributed by atoms with E-state index in [1.807, 2.05) is 30.3 Å². The first-order valence-electron chi connectivity index (χ1n) is 10.4. The molecule has 0 aromatic heterocycles. The maximum Gasteiger partial charge on any atom is 0.191 e. The van der Waals surface area contributed by atoms with Crippen molar-refractivity contribution in [3.05, 3.63) is 64.7 Å². The highest BCUT2D eigenvalue weighted by Gasteiger charge is 2.09. The first-order chi connectivity index (χ1) is 14.7. The molecule has 0 aliphatic carbocycles. The molecule has 3 rings (SSSR count). The molecule has 31 heavy (non-hydrogen) atoms. The topological polar surface area (TPSA) is 58.1 Å². The standard InChI is InChI=1S/C23H31ClN4O2.HI/c1-25-23(26-9-8-19-4-2-6-21(24)16-19)27-18-20-5-3-7-22(17-20)30-15-12-28-10-13-29-14-11-28;/h2-7,16-17H,8-15,18H2,1H3,(H2,25,26,27);1H. The summed E-state index contributed by atoms with van der Waals surface area (Å²) in [7, 11) is 1.78. The van der Waals surface area contributed by atoms with Crippen LogP contribution >= 0.6 is 35.6 Å². The van der Waals surface area contributed by atoms with E-state index < -0.39 is 0 Å². The van der Waals surface area contributed by atoms with E-state index in [1.165, 1.54) is 5.56 Å². The van der Waals surface area contributed by atoms with E-state index in [0.29, 0.717) is 13.2 Å². The minimum Gasteiger partial charge on any atom is -0.492 e. The number of hydrogen-bond donors (Lipinski definition) is 2. The second-order valence-electron chi connectivity index (χ2n) is 7.18. The van der Waals surface area contributed by atoms with Gasteiger partial charge in [0.1, 0.15) is 12.4 Å². The molecule has 0 radical (unpaired) electrons. The van der Waals surface area contributed by atoms with Gasteiger partial charge in [0.05, 0.1) is 13.2 Å². The highest BCUT2D eigenvalue weighted by Crippen LogP contribution is 2.13. The third-order valence-electron chi connectivity index (χ3n) is 4.96. The highest BCUT2D eigenvalue weighted by molar-refractivity contribution is 14.0. The molecule has 1 fully saturated rings. The van der Waals surface area contributed by atoms with Crippen LogP contribution < -0.4 is 15.4 Å². The molecule has 1 aliphatic heterocycles. The zero-order valence-corrected chi connectivity index (χ0v) is 21.1. The number of aliphatic imine (C=N–C) groups is 1. The molecule has 2 aromatic rings. The lowest BCUT2D eigenvalue weighted by atomic mass is 10.1. The van der Waals surface area contributed by atoms with Gasteiger partial charge < -0.3 is 20.1 Å². The lowest BCUT2D eigenvalue weighted by Crippen LogP contribution is -2.38. The molecule has 0 unspecified atom stereocenters. The summed E-state index contributed by atoms with van der Waals surface area (Å²) in [6, 6.07) is 16.1. The summed E-state index contributed by atoms with van der Waals surface area (Å²) in [5.74, 6) is 1.67. The number of morpholine rings is 1. The van der Waals surface area contributed by atoms with Crippen LogP contribution in [-0.2, 0) is 17.7 Å². The van der Waals surface area contributed by atoms with Crippen LogP contribution in [0, 0.1) is 0 Å². The zero-order chi connectivity index (χ0) is 21.0. The number of rotatable bonds is 9. The Labute approximate surface area is 207 Å². The second kappa shape index (κ2) is 14.5. The fourth-order valence-electron chi connectivity index (χ4n) is 3.29. The molecule has 6 nitrogen and oxygen atoms in total. The van der Waals surface area contributed by atoms with Crippen molar-refractivity contribution in [1.82, 2.24) is 15.5 Å². The fourth-order valence-corrected chi connectivity index (χ4v) is 3.50. The molecular formula is C23H32ClIN4O2. The quantitative estimate of drug-likeness (QED) is 0.280. The van der Waals surface area contributed by atoms with Gasteiger partial charge in [-0.25, -0.2) is 0 Å². The molecule has 170 valence electrons.